The minimum absolute atomic E-state index is 0. The summed E-state index contributed by atoms with van der Waals surface area (Å²) in [7, 11) is 1.99. The molecule has 0 aromatic carbocycles. The highest BCUT2D eigenvalue weighted by Crippen LogP contribution is 2.16. The van der Waals surface area contributed by atoms with Crippen LogP contribution in [0.2, 0.25) is 0 Å². The molecule has 22 heavy (non-hydrogen) atoms. The average Bonchev–Trinajstić information content (AvgIpc) is 2.88. The molecule has 1 aliphatic heterocycles. The molecule has 0 spiro atoms. The average molecular weight is 356 g/mol. The van der Waals surface area contributed by atoms with Gasteiger partial charge in [-0.05, 0) is 64.8 Å². The molecule has 1 unspecified atom stereocenters. The number of carbonyl (C=O) groups excluding carboxylic acids is 1. The molecule has 1 N–H and O–H groups in total. The summed E-state index contributed by atoms with van der Waals surface area (Å²) in [5, 5.41) is 3.21. The van der Waals surface area contributed by atoms with Crippen LogP contribution in [0.25, 0.3) is 0 Å². The molecule has 1 rings (SSSR count). The highest BCUT2D eigenvalue weighted by Gasteiger charge is 2.25. The first kappa shape index (κ1) is 24.2. The molecule has 4 nitrogen and oxygen atoms in total. The smallest absolute Gasteiger partial charge is 0.222 e. The second-order valence-corrected chi connectivity index (χ2v) is 6.00. The number of hydrogen-bond acceptors (Lipinski definition) is 3. The zero-order chi connectivity index (χ0) is 14.8. The molecule has 0 saturated carbocycles. The van der Waals surface area contributed by atoms with Crippen LogP contribution < -0.4 is 5.32 Å². The Labute approximate surface area is 149 Å². The molecule has 1 amide bonds. The number of halogens is 2. The Balaban J connectivity index is 0. The fourth-order valence-corrected chi connectivity index (χ4v) is 3.09. The molecule has 1 heterocycles. The van der Waals surface area contributed by atoms with Gasteiger partial charge < -0.3 is 15.1 Å². The van der Waals surface area contributed by atoms with Gasteiger partial charge in [-0.25, -0.2) is 0 Å². The lowest BCUT2D eigenvalue weighted by Crippen LogP contribution is -2.32. The zero-order valence-electron chi connectivity index (χ0n) is 14.5. The lowest BCUT2D eigenvalue weighted by Gasteiger charge is -2.21. The van der Waals surface area contributed by atoms with Crippen LogP contribution in [-0.2, 0) is 4.79 Å². The quantitative estimate of drug-likeness (QED) is 0.654. The van der Waals surface area contributed by atoms with E-state index < -0.39 is 0 Å². The van der Waals surface area contributed by atoms with Gasteiger partial charge in [-0.1, -0.05) is 13.8 Å². The number of carbonyl (C=O) groups is 1. The number of nitrogens with one attached hydrogen (secondary N) is 1. The Morgan fingerprint density at radius 3 is 2.36 bits per heavy atom. The minimum Gasteiger partial charge on any atom is -0.342 e. The molecule has 1 atom stereocenters. The Morgan fingerprint density at radius 1 is 1.18 bits per heavy atom. The van der Waals surface area contributed by atoms with Crippen molar-refractivity contribution >= 4 is 30.7 Å². The van der Waals surface area contributed by atoms with E-state index >= 15 is 0 Å². The highest BCUT2D eigenvalue weighted by atomic mass is 35.5. The van der Waals surface area contributed by atoms with E-state index in [1.165, 1.54) is 12.8 Å². The van der Waals surface area contributed by atoms with Gasteiger partial charge >= 0.3 is 0 Å². The largest absolute Gasteiger partial charge is 0.342 e. The Kier molecular flexibility index (Phi) is 16.0. The van der Waals surface area contributed by atoms with Crippen LogP contribution in [0.4, 0.5) is 0 Å². The van der Waals surface area contributed by atoms with E-state index in [0.717, 1.165) is 58.5 Å². The Morgan fingerprint density at radius 2 is 1.82 bits per heavy atom. The van der Waals surface area contributed by atoms with Crippen LogP contribution in [0.3, 0.4) is 0 Å². The fourth-order valence-electron chi connectivity index (χ4n) is 3.09. The topological polar surface area (TPSA) is 35.6 Å². The molecule has 0 aromatic rings. The summed E-state index contributed by atoms with van der Waals surface area (Å²) < 4.78 is 0. The summed E-state index contributed by atoms with van der Waals surface area (Å²) in [6, 6.07) is 0. The van der Waals surface area contributed by atoms with Gasteiger partial charge in [0.15, 0.2) is 0 Å². The Hall–Kier alpha value is -0.0300. The summed E-state index contributed by atoms with van der Waals surface area (Å²) in [5.41, 5.74) is 0. The van der Waals surface area contributed by atoms with Crippen LogP contribution in [0.5, 0.6) is 0 Å². The highest BCUT2D eigenvalue weighted by molar-refractivity contribution is 5.85. The predicted octanol–water partition coefficient (Wildman–Crippen LogP) is 2.80. The van der Waals surface area contributed by atoms with Gasteiger partial charge in [0, 0.05) is 19.5 Å². The van der Waals surface area contributed by atoms with Gasteiger partial charge in [-0.15, -0.1) is 24.8 Å². The third-order valence-electron chi connectivity index (χ3n) is 4.08. The van der Waals surface area contributed by atoms with Crippen LogP contribution >= 0.6 is 24.8 Å². The van der Waals surface area contributed by atoms with Crippen LogP contribution in [0, 0.1) is 5.92 Å². The van der Waals surface area contributed by atoms with E-state index in [-0.39, 0.29) is 24.8 Å². The van der Waals surface area contributed by atoms with E-state index in [1.807, 2.05) is 7.05 Å². The third kappa shape index (κ3) is 9.19. The van der Waals surface area contributed by atoms with Crippen LogP contribution in [-0.4, -0.2) is 62.0 Å². The van der Waals surface area contributed by atoms with E-state index in [2.05, 4.69) is 29.0 Å². The predicted molar refractivity (Wildman–Crippen MR) is 99.4 cm³/mol. The molecule has 6 heteroatoms. The summed E-state index contributed by atoms with van der Waals surface area (Å²) in [6.07, 6.45) is 5.28. The number of likely N-dealkylation sites (tertiary alicyclic amines) is 1. The van der Waals surface area contributed by atoms with Crippen molar-refractivity contribution in [2.45, 2.75) is 46.0 Å². The summed E-state index contributed by atoms with van der Waals surface area (Å²) in [5.74, 6) is 1.01. The first-order valence-electron chi connectivity index (χ1n) is 8.35. The zero-order valence-corrected chi connectivity index (χ0v) is 16.1. The first-order chi connectivity index (χ1) is 9.71. The first-order valence-corrected chi connectivity index (χ1v) is 8.35. The van der Waals surface area contributed by atoms with Gasteiger partial charge in [-0.2, -0.15) is 0 Å². The molecular formula is C16H35Cl2N3O. The number of amides is 1. The van der Waals surface area contributed by atoms with Crippen LogP contribution in [0.1, 0.15) is 46.0 Å². The van der Waals surface area contributed by atoms with E-state index in [4.69, 9.17) is 0 Å². The molecule has 0 radical (unpaired) electrons. The number of nitrogens with zero attached hydrogens (tertiary/aromatic N) is 2. The van der Waals surface area contributed by atoms with Crippen molar-refractivity contribution in [2.75, 3.05) is 46.3 Å². The second-order valence-electron chi connectivity index (χ2n) is 6.00. The van der Waals surface area contributed by atoms with Crippen molar-refractivity contribution < 1.29 is 4.79 Å². The second kappa shape index (κ2) is 14.6. The van der Waals surface area contributed by atoms with Gasteiger partial charge in [0.05, 0.1) is 0 Å². The molecule has 134 valence electrons. The monoisotopic (exact) mass is 355 g/mol. The van der Waals surface area contributed by atoms with Gasteiger partial charge in [0.25, 0.3) is 0 Å². The molecule has 0 bridgehead atoms. The Bertz CT molecular complexity index is 274. The van der Waals surface area contributed by atoms with Crippen molar-refractivity contribution in [1.82, 2.24) is 15.1 Å². The maximum absolute atomic E-state index is 12.2. The van der Waals surface area contributed by atoms with Gasteiger partial charge in [0.2, 0.25) is 5.91 Å². The molecular weight excluding hydrogens is 321 g/mol. The molecule has 1 fully saturated rings. The van der Waals surface area contributed by atoms with Crippen molar-refractivity contribution in [2.24, 2.45) is 5.92 Å². The summed E-state index contributed by atoms with van der Waals surface area (Å²) in [6.45, 7) is 10.8. The maximum Gasteiger partial charge on any atom is 0.222 e. The SMILES string of the molecule is CCCN(CCC)CCCC(=O)N1CCC(CNC)C1.Cl.Cl. The van der Waals surface area contributed by atoms with E-state index in [1.54, 1.807) is 0 Å². The standard InChI is InChI=1S/C16H33N3O.2ClH/c1-4-9-18(10-5-2)11-6-7-16(20)19-12-8-15(14-19)13-17-3;;/h15,17H,4-14H2,1-3H3;2*1H. The van der Waals surface area contributed by atoms with Crippen molar-refractivity contribution in [3.05, 3.63) is 0 Å². The lowest BCUT2D eigenvalue weighted by atomic mass is 10.1. The number of hydrogen-bond donors (Lipinski definition) is 1. The molecule has 1 saturated heterocycles. The lowest BCUT2D eigenvalue weighted by molar-refractivity contribution is -0.130. The third-order valence-corrected chi connectivity index (χ3v) is 4.08. The van der Waals surface area contributed by atoms with Gasteiger partial charge in [-0.3, -0.25) is 4.79 Å². The molecule has 1 aliphatic rings. The van der Waals surface area contributed by atoms with Crippen LogP contribution in [0.15, 0.2) is 0 Å². The van der Waals surface area contributed by atoms with Crippen molar-refractivity contribution in [3.8, 4) is 0 Å². The van der Waals surface area contributed by atoms with Gasteiger partial charge in [0.1, 0.15) is 0 Å². The fraction of sp³-hybridized carbons (Fsp3) is 0.938. The van der Waals surface area contributed by atoms with E-state index in [9.17, 15) is 4.79 Å². The number of rotatable bonds is 10. The summed E-state index contributed by atoms with van der Waals surface area (Å²) in [4.78, 5) is 16.7. The van der Waals surface area contributed by atoms with Crippen molar-refractivity contribution in [1.29, 1.82) is 0 Å². The normalized spacial score (nSPS) is 17.3. The molecule has 0 aromatic heterocycles. The van der Waals surface area contributed by atoms with E-state index in [0.29, 0.717) is 11.8 Å². The molecule has 0 aliphatic carbocycles. The maximum atomic E-state index is 12.2. The van der Waals surface area contributed by atoms with Crippen molar-refractivity contribution in [3.63, 3.8) is 0 Å². The summed E-state index contributed by atoms with van der Waals surface area (Å²) >= 11 is 0. The minimum atomic E-state index is 0.